The minimum atomic E-state index is -0.834. The van der Waals surface area contributed by atoms with Gasteiger partial charge in [0.15, 0.2) is 0 Å². The van der Waals surface area contributed by atoms with Crippen molar-refractivity contribution in [1.82, 2.24) is 4.98 Å². The Morgan fingerprint density at radius 2 is 2.03 bits per heavy atom. The summed E-state index contributed by atoms with van der Waals surface area (Å²) in [7, 11) is 0. The number of nitrogens with zero attached hydrogens (tertiary/aromatic N) is 2. The van der Waals surface area contributed by atoms with Crippen LogP contribution < -0.4 is 16.0 Å². The van der Waals surface area contributed by atoms with Gasteiger partial charge in [-0.1, -0.05) is 11.6 Å². The van der Waals surface area contributed by atoms with E-state index < -0.39 is 6.10 Å². The van der Waals surface area contributed by atoms with Crippen molar-refractivity contribution in [3.05, 3.63) is 59.8 Å². The number of nitrogens with one attached hydrogen (secondary N) is 1. The van der Waals surface area contributed by atoms with Crippen LogP contribution in [0.5, 0.6) is 0 Å². The van der Waals surface area contributed by atoms with Crippen molar-refractivity contribution in [2.75, 3.05) is 29.1 Å². The number of rotatable bonds is 4. The van der Waals surface area contributed by atoms with Crippen LogP contribution in [-0.4, -0.2) is 36.1 Å². The van der Waals surface area contributed by atoms with Crippen molar-refractivity contribution < 1.29 is 14.3 Å². The molecule has 29 heavy (non-hydrogen) atoms. The highest BCUT2D eigenvalue weighted by Gasteiger charge is 2.32. The Kier molecular flexibility index (Phi) is 5.33. The van der Waals surface area contributed by atoms with Gasteiger partial charge in [0.2, 0.25) is 5.91 Å². The van der Waals surface area contributed by atoms with Crippen LogP contribution in [0.4, 0.5) is 17.2 Å². The quantitative estimate of drug-likeness (QED) is 0.688. The number of amides is 2. The summed E-state index contributed by atoms with van der Waals surface area (Å²) in [5.74, 6) is -0.113. The number of fused-ring (bicyclic) bond motifs is 1. The predicted molar refractivity (Wildman–Crippen MR) is 113 cm³/mol. The van der Waals surface area contributed by atoms with Crippen LogP contribution in [0.25, 0.3) is 10.8 Å². The zero-order chi connectivity index (χ0) is 20.4. The lowest BCUT2D eigenvalue weighted by Crippen LogP contribution is -2.49. The van der Waals surface area contributed by atoms with E-state index in [4.69, 9.17) is 22.1 Å². The summed E-state index contributed by atoms with van der Waals surface area (Å²) in [5, 5.41) is 5.10. The first-order chi connectivity index (χ1) is 14.0. The Bertz CT molecular complexity index is 1070. The fourth-order valence-corrected chi connectivity index (χ4v) is 3.45. The lowest BCUT2D eigenvalue weighted by Gasteiger charge is -2.32. The summed E-state index contributed by atoms with van der Waals surface area (Å²) in [6.07, 6.45) is 0.711. The Balaban J connectivity index is 1.43. The molecule has 1 saturated heterocycles. The van der Waals surface area contributed by atoms with Gasteiger partial charge in [-0.15, -0.1) is 0 Å². The monoisotopic (exact) mass is 410 g/mol. The number of carbonyl (C=O) groups is 2. The molecule has 3 aromatic rings. The highest BCUT2D eigenvalue weighted by atomic mass is 35.5. The van der Waals surface area contributed by atoms with E-state index in [1.54, 1.807) is 47.5 Å². The topological polar surface area (TPSA) is 97.5 Å². The number of nitrogen functional groups attached to an aromatic ring is 1. The highest BCUT2D eigenvalue weighted by molar-refractivity contribution is 6.30. The van der Waals surface area contributed by atoms with Crippen molar-refractivity contribution in [2.24, 2.45) is 0 Å². The van der Waals surface area contributed by atoms with Crippen molar-refractivity contribution in [3.8, 4) is 0 Å². The zero-order valence-electron chi connectivity index (χ0n) is 15.5. The molecular formula is C21H19ClN4O3. The molecule has 2 aromatic carbocycles. The van der Waals surface area contributed by atoms with Crippen LogP contribution >= 0.6 is 11.6 Å². The maximum atomic E-state index is 12.8. The van der Waals surface area contributed by atoms with E-state index in [-0.39, 0.29) is 18.2 Å². The zero-order valence-corrected chi connectivity index (χ0v) is 16.2. The summed E-state index contributed by atoms with van der Waals surface area (Å²) in [6.45, 7) is 0.785. The standard InChI is InChI=1S/C21H19ClN4O3/c22-14-1-4-16(5-2-14)26-9-10-29-18(21(26)28)12-19(27)25-15-3-6-17-13(11-15)7-8-24-20(17)23/h1-8,11,18H,9-10,12H2,(H2,23,24)(H,25,27)/t18-/m1/s1. The fourth-order valence-electron chi connectivity index (χ4n) is 3.32. The first-order valence-electron chi connectivity index (χ1n) is 9.14. The van der Waals surface area contributed by atoms with E-state index in [1.807, 2.05) is 12.1 Å². The van der Waals surface area contributed by atoms with Gasteiger partial charge in [0.25, 0.3) is 5.91 Å². The number of halogens is 1. The van der Waals surface area contributed by atoms with E-state index in [9.17, 15) is 9.59 Å². The van der Waals surface area contributed by atoms with Crippen LogP contribution in [0, 0.1) is 0 Å². The molecule has 0 aliphatic carbocycles. The number of aromatic nitrogens is 1. The molecular weight excluding hydrogens is 392 g/mol. The number of carbonyl (C=O) groups excluding carboxylic acids is 2. The molecule has 3 N–H and O–H groups in total. The first-order valence-corrected chi connectivity index (χ1v) is 9.52. The fraction of sp³-hybridized carbons (Fsp3) is 0.190. The second kappa shape index (κ2) is 8.06. The molecule has 1 aliphatic heterocycles. The molecule has 8 heteroatoms. The van der Waals surface area contributed by atoms with E-state index in [0.29, 0.717) is 29.7 Å². The van der Waals surface area contributed by atoms with E-state index in [1.165, 1.54) is 0 Å². The van der Waals surface area contributed by atoms with Gasteiger partial charge < -0.3 is 20.7 Å². The lowest BCUT2D eigenvalue weighted by molar-refractivity contribution is -0.137. The van der Waals surface area contributed by atoms with Crippen LogP contribution in [0.2, 0.25) is 5.02 Å². The molecule has 0 spiro atoms. The van der Waals surface area contributed by atoms with Gasteiger partial charge in [-0.05, 0) is 53.9 Å². The molecule has 2 amide bonds. The maximum Gasteiger partial charge on any atom is 0.256 e. The summed E-state index contributed by atoms with van der Waals surface area (Å²) < 4.78 is 5.56. The first kappa shape index (κ1) is 19.2. The number of ether oxygens (including phenoxy) is 1. The van der Waals surface area contributed by atoms with Gasteiger partial charge in [-0.3, -0.25) is 9.59 Å². The Labute approximate surface area is 172 Å². The molecule has 148 valence electrons. The summed E-state index contributed by atoms with van der Waals surface area (Å²) in [6, 6.07) is 14.2. The third kappa shape index (κ3) is 4.16. The van der Waals surface area contributed by atoms with Crippen molar-refractivity contribution >= 4 is 51.4 Å². The smallest absolute Gasteiger partial charge is 0.256 e. The molecule has 4 rings (SSSR count). The van der Waals surface area contributed by atoms with Crippen LogP contribution in [0.15, 0.2) is 54.7 Å². The van der Waals surface area contributed by atoms with Crippen LogP contribution in [0.3, 0.4) is 0 Å². The average Bonchev–Trinajstić information content (AvgIpc) is 2.70. The van der Waals surface area contributed by atoms with Gasteiger partial charge in [-0.2, -0.15) is 0 Å². The summed E-state index contributed by atoms with van der Waals surface area (Å²) in [4.78, 5) is 30.9. The number of hydrogen-bond acceptors (Lipinski definition) is 5. The average molecular weight is 411 g/mol. The minimum absolute atomic E-state index is 0.0700. The lowest BCUT2D eigenvalue weighted by atomic mass is 10.1. The normalized spacial score (nSPS) is 16.8. The third-order valence-corrected chi connectivity index (χ3v) is 5.02. The Morgan fingerprint density at radius 1 is 1.24 bits per heavy atom. The van der Waals surface area contributed by atoms with Gasteiger partial charge >= 0.3 is 0 Å². The molecule has 1 atom stereocenters. The molecule has 0 unspecified atom stereocenters. The van der Waals surface area contributed by atoms with Crippen LogP contribution in [0.1, 0.15) is 6.42 Å². The second-order valence-electron chi connectivity index (χ2n) is 6.71. The number of hydrogen-bond donors (Lipinski definition) is 2. The predicted octanol–water partition coefficient (Wildman–Crippen LogP) is 3.23. The van der Waals surface area contributed by atoms with Crippen molar-refractivity contribution in [2.45, 2.75) is 12.5 Å². The summed E-state index contributed by atoms with van der Waals surface area (Å²) in [5.41, 5.74) is 7.20. The van der Waals surface area contributed by atoms with Gasteiger partial charge in [-0.25, -0.2) is 4.98 Å². The molecule has 0 radical (unpaired) electrons. The van der Waals surface area contributed by atoms with Crippen molar-refractivity contribution in [3.63, 3.8) is 0 Å². The molecule has 1 aromatic heterocycles. The molecule has 7 nitrogen and oxygen atoms in total. The van der Waals surface area contributed by atoms with Gasteiger partial charge in [0.1, 0.15) is 11.9 Å². The number of morpholine rings is 1. The number of anilines is 3. The van der Waals surface area contributed by atoms with Crippen LogP contribution in [-0.2, 0) is 14.3 Å². The minimum Gasteiger partial charge on any atom is -0.383 e. The molecule has 1 fully saturated rings. The van der Waals surface area contributed by atoms with Gasteiger partial charge in [0.05, 0.1) is 13.0 Å². The number of benzene rings is 2. The van der Waals surface area contributed by atoms with E-state index in [2.05, 4.69) is 10.3 Å². The Hall–Kier alpha value is -3.16. The molecule has 0 saturated carbocycles. The summed E-state index contributed by atoms with van der Waals surface area (Å²) >= 11 is 5.92. The molecule has 1 aliphatic rings. The SMILES string of the molecule is Nc1nccc2cc(NC(=O)C[C@H]3OCCN(c4ccc(Cl)cc4)C3=O)ccc12. The largest absolute Gasteiger partial charge is 0.383 e. The second-order valence-corrected chi connectivity index (χ2v) is 7.15. The number of pyridine rings is 1. The maximum absolute atomic E-state index is 12.8. The number of nitrogens with two attached hydrogens (primary N) is 1. The molecule has 2 heterocycles. The third-order valence-electron chi connectivity index (χ3n) is 4.76. The Morgan fingerprint density at radius 3 is 2.83 bits per heavy atom. The van der Waals surface area contributed by atoms with Gasteiger partial charge in [0, 0.05) is 34.5 Å². The van der Waals surface area contributed by atoms with Crippen molar-refractivity contribution in [1.29, 1.82) is 0 Å². The van der Waals surface area contributed by atoms with E-state index in [0.717, 1.165) is 16.5 Å². The van der Waals surface area contributed by atoms with E-state index >= 15 is 0 Å². The molecule has 0 bridgehead atoms. The highest BCUT2D eigenvalue weighted by Crippen LogP contribution is 2.24.